The molecule has 0 fully saturated rings. The van der Waals surface area contributed by atoms with E-state index in [1.165, 1.54) is 0 Å². The van der Waals surface area contributed by atoms with Gasteiger partial charge in [0.15, 0.2) is 0 Å². The Morgan fingerprint density at radius 3 is 2.90 bits per heavy atom. The number of hydrogen-bond donors (Lipinski definition) is 0. The molecule has 0 aliphatic carbocycles. The van der Waals surface area contributed by atoms with Crippen LogP contribution in [0.2, 0.25) is 0 Å². The van der Waals surface area contributed by atoms with Gasteiger partial charge < -0.3 is 9.64 Å². The zero-order chi connectivity index (χ0) is 14.8. The fourth-order valence-corrected chi connectivity index (χ4v) is 2.79. The van der Waals surface area contributed by atoms with E-state index in [1.807, 2.05) is 24.3 Å². The summed E-state index contributed by atoms with van der Waals surface area (Å²) in [7, 11) is 1.65. The zero-order valence-electron chi connectivity index (χ0n) is 11.7. The lowest BCUT2D eigenvalue weighted by Crippen LogP contribution is -2.35. The van der Waals surface area contributed by atoms with Crippen LogP contribution in [0.5, 0.6) is 5.75 Å². The third-order valence-electron chi connectivity index (χ3n) is 3.60. The van der Waals surface area contributed by atoms with Crippen LogP contribution in [-0.2, 0) is 6.42 Å². The molecule has 5 heteroatoms. The molecule has 21 heavy (non-hydrogen) atoms. The molecule has 1 amide bonds. The molecule has 2 aromatic rings. The van der Waals surface area contributed by atoms with Crippen molar-refractivity contribution >= 4 is 27.5 Å². The second-order valence-electron chi connectivity index (χ2n) is 4.92. The van der Waals surface area contributed by atoms with Gasteiger partial charge in [0.25, 0.3) is 5.91 Å². The van der Waals surface area contributed by atoms with Gasteiger partial charge in [0.2, 0.25) is 0 Å². The number of aryl methyl sites for hydroxylation is 1. The number of methoxy groups -OCH3 is 1. The minimum absolute atomic E-state index is 0.0615. The Morgan fingerprint density at radius 1 is 1.33 bits per heavy atom. The normalized spacial score (nSPS) is 13.7. The van der Waals surface area contributed by atoms with E-state index in [0.29, 0.717) is 5.69 Å². The second kappa shape index (κ2) is 5.85. The molecule has 0 N–H and O–H groups in total. The number of hydrogen-bond acceptors (Lipinski definition) is 3. The first-order valence-corrected chi connectivity index (χ1v) is 7.58. The molecule has 1 aliphatic heterocycles. The van der Waals surface area contributed by atoms with Crippen LogP contribution in [0, 0.1) is 0 Å². The maximum absolute atomic E-state index is 12.6. The van der Waals surface area contributed by atoms with Crippen molar-refractivity contribution < 1.29 is 9.53 Å². The minimum atomic E-state index is -0.0615. The number of fused-ring (bicyclic) bond motifs is 1. The lowest BCUT2D eigenvalue weighted by Gasteiger charge is -2.29. The maximum atomic E-state index is 12.6. The number of benzene rings is 1. The molecule has 1 aromatic heterocycles. The largest absolute Gasteiger partial charge is 0.497 e. The highest BCUT2D eigenvalue weighted by Gasteiger charge is 2.24. The van der Waals surface area contributed by atoms with Crippen LogP contribution < -0.4 is 9.64 Å². The van der Waals surface area contributed by atoms with Crippen molar-refractivity contribution in [2.45, 2.75) is 12.8 Å². The average Bonchev–Trinajstić information content (AvgIpc) is 2.53. The average molecular weight is 347 g/mol. The summed E-state index contributed by atoms with van der Waals surface area (Å²) in [4.78, 5) is 18.6. The van der Waals surface area contributed by atoms with Gasteiger partial charge in [-0.05, 0) is 64.7 Å². The molecule has 0 saturated heterocycles. The second-order valence-corrected chi connectivity index (χ2v) is 5.83. The van der Waals surface area contributed by atoms with E-state index in [1.54, 1.807) is 24.3 Å². The van der Waals surface area contributed by atoms with Gasteiger partial charge in [-0.3, -0.25) is 4.79 Å². The van der Waals surface area contributed by atoms with Gasteiger partial charge in [-0.15, -0.1) is 0 Å². The van der Waals surface area contributed by atoms with Crippen LogP contribution in [0.1, 0.15) is 22.5 Å². The number of halogens is 1. The fourth-order valence-electron chi connectivity index (χ4n) is 2.55. The summed E-state index contributed by atoms with van der Waals surface area (Å²) in [6, 6.07) is 9.41. The standard InChI is InChI=1S/C16H15BrN2O2/c1-21-13-5-7-15-11(9-13)3-2-8-19(15)16(20)14-6-4-12(17)10-18-14/h4-7,9-10H,2-3,8H2,1H3. The number of amides is 1. The van der Waals surface area contributed by atoms with Crippen LogP contribution in [0.3, 0.4) is 0 Å². The summed E-state index contributed by atoms with van der Waals surface area (Å²) in [6.07, 6.45) is 3.55. The van der Waals surface area contributed by atoms with Crippen LogP contribution in [0.25, 0.3) is 0 Å². The summed E-state index contributed by atoms with van der Waals surface area (Å²) in [5.41, 5.74) is 2.56. The molecule has 0 spiro atoms. The van der Waals surface area contributed by atoms with Gasteiger partial charge in [0.1, 0.15) is 11.4 Å². The number of nitrogens with zero attached hydrogens (tertiary/aromatic N) is 2. The molecule has 0 unspecified atom stereocenters. The Labute approximate surface area is 131 Å². The van der Waals surface area contributed by atoms with E-state index in [0.717, 1.165) is 40.9 Å². The molecule has 4 nitrogen and oxygen atoms in total. The predicted octanol–water partition coefficient (Wildman–Crippen LogP) is 3.45. The van der Waals surface area contributed by atoms with Crippen molar-refractivity contribution in [2.24, 2.45) is 0 Å². The van der Waals surface area contributed by atoms with E-state index in [9.17, 15) is 4.79 Å². The van der Waals surface area contributed by atoms with E-state index in [-0.39, 0.29) is 5.91 Å². The quantitative estimate of drug-likeness (QED) is 0.836. The van der Waals surface area contributed by atoms with Crippen molar-refractivity contribution in [3.8, 4) is 5.75 Å². The van der Waals surface area contributed by atoms with Crippen LogP contribution >= 0.6 is 15.9 Å². The Kier molecular flexibility index (Phi) is 3.92. The molecule has 1 aromatic carbocycles. The molecule has 0 saturated carbocycles. The Morgan fingerprint density at radius 2 is 2.19 bits per heavy atom. The third-order valence-corrected chi connectivity index (χ3v) is 4.07. The van der Waals surface area contributed by atoms with E-state index in [2.05, 4.69) is 20.9 Å². The molecular weight excluding hydrogens is 332 g/mol. The molecule has 0 bridgehead atoms. The van der Waals surface area contributed by atoms with Crippen molar-refractivity contribution in [3.63, 3.8) is 0 Å². The molecule has 108 valence electrons. The number of anilines is 1. The van der Waals surface area contributed by atoms with Gasteiger partial charge in [0.05, 0.1) is 7.11 Å². The first kappa shape index (κ1) is 14.1. The highest BCUT2D eigenvalue weighted by Crippen LogP contribution is 2.31. The van der Waals surface area contributed by atoms with E-state index >= 15 is 0 Å². The molecule has 1 aliphatic rings. The molecule has 0 radical (unpaired) electrons. The maximum Gasteiger partial charge on any atom is 0.276 e. The monoisotopic (exact) mass is 346 g/mol. The number of aromatic nitrogens is 1. The highest BCUT2D eigenvalue weighted by molar-refractivity contribution is 9.10. The third kappa shape index (κ3) is 2.78. The molecule has 3 rings (SSSR count). The SMILES string of the molecule is COc1ccc2c(c1)CCCN2C(=O)c1ccc(Br)cn1. The van der Waals surface area contributed by atoms with Crippen molar-refractivity contribution in [1.82, 2.24) is 4.98 Å². The highest BCUT2D eigenvalue weighted by atomic mass is 79.9. The number of carbonyl (C=O) groups excluding carboxylic acids is 1. The fraction of sp³-hybridized carbons (Fsp3) is 0.250. The zero-order valence-corrected chi connectivity index (χ0v) is 13.3. The van der Waals surface area contributed by atoms with Crippen LogP contribution in [0.15, 0.2) is 41.0 Å². The Hall–Kier alpha value is -1.88. The lowest BCUT2D eigenvalue weighted by atomic mass is 10.0. The number of pyridine rings is 1. The van der Waals surface area contributed by atoms with Crippen molar-refractivity contribution in [1.29, 1.82) is 0 Å². The Balaban J connectivity index is 1.94. The van der Waals surface area contributed by atoms with Crippen LogP contribution in [-0.4, -0.2) is 24.5 Å². The minimum Gasteiger partial charge on any atom is -0.497 e. The number of carbonyl (C=O) groups is 1. The molecule has 0 atom stereocenters. The van der Waals surface area contributed by atoms with Crippen molar-refractivity contribution in [3.05, 3.63) is 52.3 Å². The molecular formula is C16H15BrN2O2. The summed E-state index contributed by atoms with van der Waals surface area (Å²) in [5, 5.41) is 0. The molecule has 2 heterocycles. The van der Waals surface area contributed by atoms with E-state index in [4.69, 9.17) is 4.74 Å². The van der Waals surface area contributed by atoms with Gasteiger partial charge in [0, 0.05) is 22.9 Å². The summed E-state index contributed by atoms with van der Waals surface area (Å²) < 4.78 is 6.12. The van der Waals surface area contributed by atoms with Gasteiger partial charge in [-0.2, -0.15) is 0 Å². The lowest BCUT2D eigenvalue weighted by molar-refractivity contribution is 0.0980. The first-order valence-electron chi connectivity index (χ1n) is 6.79. The van der Waals surface area contributed by atoms with Crippen molar-refractivity contribution in [2.75, 3.05) is 18.6 Å². The van der Waals surface area contributed by atoms with Gasteiger partial charge >= 0.3 is 0 Å². The summed E-state index contributed by atoms with van der Waals surface area (Å²) in [5.74, 6) is 0.762. The first-order chi connectivity index (χ1) is 10.2. The summed E-state index contributed by atoms with van der Waals surface area (Å²) >= 11 is 3.33. The number of ether oxygens (including phenoxy) is 1. The van der Waals surface area contributed by atoms with E-state index < -0.39 is 0 Å². The predicted molar refractivity (Wildman–Crippen MR) is 84.9 cm³/mol. The van der Waals surface area contributed by atoms with Gasteiger partial charge in [-0.25, -0.2) is 4.98 Å². The summed E-state index contributed by atoms with van der Waals surface area (Å²) in [6.45, 7) is 0.718. The Bertz CT molecular complexity index is 670. The van der Waals surface area contributed by atoms with Crippen LogP contribution in [0.4, 0.5) is 5.69 Å². The van der Waals surface area contributed by atoms with Gasteiger partial charge in [-0.1, -0.05) is 0 Å². The topological polar surface area (TPSA) is 42.4 Å². The smallest absolute Gasteiger partial charge is 0.276 e. The number of rotatable bonds is 2.